The van der Waals surface area contributed by atoms with E-state index in [-0.39, 0.29) is 5.69 Å². The molecule has 6 heteroatoms. The zero-order chi connectivity index (χ0) is 13.8. The van der Waals surface area contributed by atoms with Crippen molar-refractivity contribution in [1.82, 2.24) is 4.98 Å². The summed E-state index contributed by atoms with van der Waals surface area (Å²) in [5, 5.41) is 13.7. The van der Waals surface area contributed by atoms with E-state index in [0.717, 1.165) is 17.1 Å². The second kappa shape index (κ2) is 5.34. The Hall–Kier alpha value is -2.63. The summed E-state index contributed by atoms with van der Waals surface area (Å²) in [6.45, 7) is 2.39. The minimum absolute atomic E-state index is 0.0882. The van der Waals surface area contributed by atoms with Crippen LogP contribution in [0.25, 0.3) is 0 Å². The highest BCUT2D eigenvalue weighted by atomic mass is 16.6. The predicted molar refractivity (Wildman–Crippen MR) is 73.8 cm³/mol. The molecule has 0 aliphatic carbocycles. The van der Waals surface area contributed by atoms with Crippen molar-refractivity contribution in [2.24, 2.45) is 0 Å². The summed E-state index contributed by atoms with van der Waals surface area (Å²) < 4.78 is 0. The summed E-state index contributed by atoms with van der Waals surface area (Å²) in [6.07, 6.45) is 0. The number of nitrogen functional groups attached to an aromatic ring is 1. The van der Waals surface area contributed by atoms with Gasteiger partial charge in [0.15, 0.2) is 0 Å². The highest BCUT2D eigenvalue weighted by Crippen LogP contribution is 2.15. The number of hydrogen-bond acceptors (Lipinski definition) is 5. The Morgan fingerprint density at radius 1 is 1.26 bits per heavy atom. The average molecular weight is 258 g/mol. The van der Waals surface area contributed by atoms with E-state index < -0.39 is 4.92 Å². The topological polar surface area (TPSA) is 94.1 Å². The van der Waals surface area contributed by atoms with Gasteiger partial charge in [-0.25, -0.2) is 4.98 Å². The largest absolute Gasteiger partial charge is 0.397 e. The van der Waals surface area contributed by atoms with Crippen molar-refractivity contribution in [2.45, 2.75) is 13.5 Å². The number of benzene rings is 1. The van der Waals surface area contributed by atoms with Gasteiger partial charge in [0.25, 0.3) is 5.69 Å². The van der Waals surface area contributed by atoms with Crippen LogP contribution in [0.1, 0.15) is 11.3 Å². The number of nitrogens with two attached hydrogens (primary N) is 1. The molecular formula is C13H14N4O2. The highest BCUT2D eigenvalue weighted by molar-refractivity contribution is 5.49. The van der Waals surface area contributed by atoms with Crippen LogP contribution in [0.15, 0.2) is 36.4 Å². The van der Waals surface area contributed by atoms with Crippen molar-refractivity contribution in [3.63, 3.8) is 0 Å². The molecule has 2 rings (SSSR count). The SMILES string of the molecule is Cc1nc(NCc2ccc([N+](=O)[O-])cc2)ccc1N. The molecule has 3 N–H and O–H groups in total. The molecule has 0 aliphatic heterocycles. The van der Waals surface area contributed by atoms with E-state index in [0.29, 0.717) is 12.2 Å². The van der Waals surface area contributed by atoms with E-state index in [1.54, 1.807) is 24.3 Å². The maximum atomic E-state index is 10.5. The lowest BCUT2D eigenvalue weighted by Gasteiger charge is -2.07. The first-order chi connectivity index (χ1) is 9.06. The number of hydrogen-bond donors (Lipinski definition) is 2. The third kappa shape index (κ3) is 3.19. The van der Waals surface area contributed by atoms with Gasteiger partial charge in [-0.1, -0.05) is 12.1 Å². The summed E-state index contributed by atoms with van der Waals surface area (Å²) in [6, 6.07) is 10.00. The van der Waals surface area contributed by atoms with Crippen LogP contribution in [0.2, 0.25) is 0 Å². The van der Waals surface area contributed by atoms with E-state index >= 15 is 0 Å². The molecule has 19 heavy (non-hydrogen) atoms. The van der Waals surface area contributed by atoms with Crippen molar-refractivity contribution in [3.8, 4) is 0 Å². The first-order valence-corrected chi connectivity index (χ1v) is 5.76. The first-order valence-electron chi connectivity index (χ1n) is 5.76. The first kappa shape index (κ1) is 12.8. The molecule has 0 amide bonds. The summed E-state index contributed by atoms with van der Waals surface area (Å²) in [7, 11) is 0. The van der Waals surface area contributed by atoms with Crippen molar-refractivity contribution >= 4 is 17.2 Å². The van der Waals surface area contributed by atoms with Crippen LogP contribution in [0.3, 0.4) is 0 Å². The normalized spacial score (nSPS) is 10.2. The van der Waals surface area contributed by atoms with Crippen LogP contribution in [0.4, 0.5) is 17.2 Å². The van der Waals surface area contributed by atoms with Crippen LogP contribution in [-0.2, 0) is 6.54 Å². The van der Waals surface area contributed by atoms with Crippen LogP contribution in [0, 0.1) is 17.0 Å². The number of pyridine rings is 1. The van der Waals surface area contributed by atoms with Crippen molar-refractivity contribution < 1.29 is 4.92 Å². The minimum Gasteiger partial charge on any atom is -0.397 e. The number of nitro groups is 1. The monoisotopic (exact) mass is 258 g/mol. The standard InChI is InChI=1S/C13H14N4O2/c1-9-12(14)6-7-13(16-9)15-8-10-2-4-11(5-3-10)17(18)19/h2-7H,8,14H2,1H3,(H,15,16). The Kier molecular flexibility index (Phi) is 3.61. The molecule has 1 aromatic heterocycles. The van der Waals surface area contributed by atoms with Gasteiger partial charge < -0.3 is 11.1 Å². The molecule has 1 aromatic carbocycles. The molecule has 98 valence electrons. The van der Waals surface area contributed by atoms with E-state index in [9.17, 15) is 10.1 Å². The molecule has 0 spiro atoms. The van der Waals surface area contributed by atoms with Crippen molar-refractivity contribution in [3.05, 3.63) is 57.8 Å². The Morgan fingerprint density at radius 2 is 1.95 bits per heavy atom. The summed E-state index contributed by atoms with van der Waals surface area (Å²) in [4.78, 5) is 14.4. The van der Waals surface area contributed by atoms with Gasteiger partial charge in [-0.15, -0.1) is 0 Å². The van der Waals surface area contributed by atoms with Crippen LogP contribution in [-0.4, -0.2) is 9.91 Å². The maximum absolute atomic E-state index is 10.5. The van der Waals surface area contributed by atoms with Gasteiger partial charge in [-0.05, 0) is 24.6 Å². The van der Waals surface area contributed by atoms with Crippen molar-refractivity contribution in [1.29, 1.82) is 0 Å². The van der Waals surface area contributed by atoms with Crippen molar-refractivity contribution in [2.75, 3.05) is 11.1 Å². The molecule has 0 fully saturated rings. The number of nitrogens with zero attached hydrogens (tertiary/aromatic N) is 2. The van der Waals surface area contributed by atoms with Gasteiger partial charge in [0.1, 0.15) is 5.82 Å². The fourth-order valence-electron chi connectivity index (χ4n) is 1.60. The fourth-order valence-corrected chi connectivity index (χ4v) is 1.60. The Bertz CT molecular complexity index is 596. The maximum Gasteiger partial charge on any atom is 0.269 e. The molecule has 0 unspecified atom stereocenters. The van der Waals surface area contributed by atoms with E-state index in [1.807, 2.05) is 6.92 Å². The summed E-state index contributed by atoms with van der Waals surface area (Å²) in [5.41, 5.74) is 8.15. The third-order valence-electron chi connectivity index (χ3n) is 2.75. The number of anilines is 2. The zero-order valence-electron chi connectivity index (χ0n) is 10.5. The van der Waals surface area contributed by atoms with E-state index in [2.05, 4.69) is 10.3 Å². The smallest absolute Gasteiger partial charge is 0.269 e. The quantitative estimate of drug-likeness (QED) is 0.649. The number of aryl methyl sites for hydroxylation is 1. The molecule has 1 heterocycles. The van der Waals surface area contributed by atoms with Crippen LogP contribution < -0.4 is 11.1 Å². The molecule has 6 nitrogen and oxygen atoms in total. The van der Waals surface area contributed by atoms with Gasteiger partial charge >= 0.3 is 0 Å². The number of nitro benzene ring substituents is 1. The molecular weight excluding hydrogens is 244 g/mol. The molecule has 0 saturated heterocycles. The summed E-state index contributed by atoms with van der Waals surface area (Å²) in [5.74, 6) is 0.727. The highest BCUT2D eigenvalue weighted by Gasteiger charge is 2.04. The number of aromatic nitrogens is 1. The van der Waals surface area contributed by atoms with Crippen LogP contribution >= 0.6 is 0 Å². The van der Waals surface area contributed by atoms with Crippen LogP contribution in [0.5, 0.6) is 0 Å². The molecule has 0 radical (unpaired) electrons. The minimum atomic E-state index is -0.415. The zero-order valence-corrected chi connectivity index (χ0v) is 10.5. The Labute approximate surface area is 110 Å². The number of rotatable bonds is 4. The Balaban J connectivity index is 2.01. The van der Waals surface area contributed by atoms with E-state index in [1.165, 1.54) is 12.1 Å². The van der Waals surface area contributed by atoms with Gasteiger partial charge in [-0.2, -0.15) is 0 Å². The lowest BCUT2D eigenvalue weighted by atomic mass is 10.2. The van der Waals surface area contributed by atoms with Gasteiger partial charge in [-0.3, -0.25) is 10.1 Å². The fraction of sp³-hybridized carbons (Fsp3) is 0.154. The third-order valence-corrected chi connectivity index (χ3v) is 2.75. The number of nitrogens with one attached hydrogen (secondary N) is 1. The molecule has 0 aliphatic rings. The molecule has 0 atom stereocenters. The lowest BCUT2D eigenvalue weighted by molar-refractivity contribution is -0.384. The lowest BCUT2D eigenvalue weighted by Crippen LogP contribution is -2.03. The molecule has 0 saturated carbocycles. The van der Waals surface area contributed by atoms with Gasteiger partial charge in [0.2, 0.25) is 0 Å². The van der Waals surface area contributed by atoms with Gasteiger partial charge in [0.05, 0.1) is 16.3 Å². The van der Waals surface area contributed by atoms with E-state index in [4.69, 9.17) is 5.73 Å². The molecule has 2 aromatic rings. The Morgan fingerprint density at radius 3 is 2.53 bits per heavy atom. The second-order valence-electron chi connectivity index (χ2n) is 4.15. The predicted octanol–water partition coefficient (Wildman–Crippen LogP) is 2.49. The number of non-ortho nitro benzene ring substituents is 1. The van der Waals surface area contributed by atoms with Gasteiger partial charge in [0, 0.05) is 18.7 Å². The second-order valence-corrected chi connectivity index (χ2v) is 4.15. The average Bonchev–Trinajstić information content (AvgIpc) is 2.40. The summed E-state index contributed by atoms with van der Waals surface area (Å²) >= 11 is 0. The molecule has 0 bridgehead atoms.